The molecule has 0 bridgehead atoms. The molecule has 0 aliphatic heterocycles. The summed E-state index contributed by atoms with van der Waals surface area (Å²) in [5, 5.41) is 7.22. The van der Waals surface area contributed by atoms with Gasteiger partial charge in [0, 0.05) is 18.0 Å². The Morgan fingerprint density at radius 2 is 2.46 bits per heavy atom. The van der Waals surface area contributed by atoms with Crippen LogP contribution >= 0.6 is 0 Å². The van der Waals surface area contributed by atoms with E-state index >= 15 is 0 Å². The van der Waals surface area contributed by atoms with Gasteiger partial charge in [-0.3, -0.25) is 0 Å². The smallest absolute Gasteiger partial charge is 0.165 e. The third-order valence-electron chi connectivity index (χ3n) is 1.74. The van der Waals surface area contributed by atoms with Gasteiger partial charge in [-0.25, -0.2) is 9.50 Å². The van der Waals surface area contributed by atoms with Crippen LogP contribution in [0.5, 0.6) is 0 Å². The van der Waals surface area contributed by atoms with Gasteiger partial charge in [-0.1, -0.05) is 0 Å². The van der Waals surface area contributed by atoms with Crippen molar-refractivity contribution in [2.75, 3.05) is 12.8 Å². The van der Waals surface area contributed by atoms with E-state index in [4.69, 9.17) is 5.73 Å². The van der Waals surface area contributed by atoms with E-state index in [0.717, 1.165) is 11.5 Å². The fourth-order valence-electron chi connectivity index (χ4n) is 1.18. The van der Waals surface area contributed by atoms with Crippen molar-refractivity contribution in [1.29, 1.82) is 0 Å². The minimum absolute atomic E-state index is 0.668. The number of hydrogen-bond donors (Lipinski definition) is 2. The number of aromatic nitrogens is 3. The molecule has 0 fully saturated rings. The highest BCUT2D eigenvalue weighted by molar-refractivity contribution is 5.50. The van der Waals surface area contributed by atoms with Gasteiger partial charge < -0.3 is 11.1 Å². The molecule has 0 radical (unpaired) electrons. The summed E-state index contributed by atoms with van der Waals surface area (Å²) >= 11 is 0. The molecule has 5 heteroatoms. The summed E-state index contributed by atoms with van der Waals surface area (Å²) in [4.78, 5) is 4.27. The molecule has 0 saturated heterocycles. The van der Waals surface area contributed by atoms with Crippen molar-refractivity contribution in [1.82, 2.24) is 19.9 Å². The van der Waals surface area contributed by atoms with Crippen molar-refractivity contribution >= 4 is 11.3 Å². The number of nitrogen functional groups attached to an aromatic ring is 1. The van der Waals surface area contributed by atoms with Gasteiger partial charge in [0.2, 0.25) is 0 Å². The number of nitrogens with one attached hydrogen (secondary N) is 1. The second-order valence-electron chi connectivity index (χ2n) is 2.82. The lowest BCUT2D eigenvalue weighted by atomic mass is 10.4. The van der Waals surface area contributed by atoms with Crippen LogP contribution in [0, 0.1) is 0 Å². The fourth-order valence-corrected chi connectivity index (χ4v) is 1.18. The van der Waals surface area contributed by atoms with Crippen molar-refractivity contribution in [2.24, 2.45) is 0 Å². The zero-order valence-electron chi connectivity index (χ0n) is 7.36. The summed E-state index contributed by atoms with van der Waals surface area (Å²) in [6.45, 7) is 0.668. The Balaban J connectivity index is 2.49. The molecule has 2 aromatic heterocycles. The van der Waals surface area contributed by atoms with Crippen molar-refractivity contribution in [2.45, 2.75) is 6.54 Å². The fraction of sp³-hybridized carbons (Fsp3) is 0.250. The molecular formula is C8H11N5. The van der Waals surface area contributed by atoms with E-state index in [2.05, 4.69) is 15.4 Å². The molecule has 0 aliphatic carbocycles. The summed E-state index contributed by atoms with van der Waals surface area (Å²) in [6, 6.07) is 3.59. The molecule has 2 aromatic rings. The number of hydrogen-bond acceptors (Lipinski definition) is 4. The average molecular weight is 177 g/mol. The van der Waals surface area contributed by atoms with Gasteiger partial charge in [-0.2, -0.15) is 0 Å². The predicted octanol–water partition coefficient (Wildman–Crippen LogP) is 0.0309. The predicted molar refractivity (Wildman–Crippen MR) is 50.2 cm³/mol. The van der Waals surface area contributed by atoms with Crippen LogP contribution in [0.3, 0.4) is 0 Å². The number of nitrogens with zero attached hydrogens (tertiary/aromatic N) is 3. The summed E-state index contributed by atoms with van der Waals surface area (Å²) < 4.78 is 1.71. The van der Waals surface area contributed by atoms with E-state index in [1.165, 1.54) is 0 Å². The molecule has 0 unspecified atom stereocenters. The van der Waals surface area contributed by atoms with Gasteiger partial charge in [-0.05, 0) is 13.1 Å². The first-order valence-electron chi connectivity index (χ1n) is 4.05. The molecule has 2 rings (SSSR count). The summed E-state index contributed by atoms with van der Waals surface area (Å²) in [5.74, 6) is 0.771. The quantitative estimate of drug-likeness (QED) is 0.679. The zero-order valence-corrected chi connectivity index (χ0v) is 7.36. The Morgan fingerprint density at radius 1 is 1.62 bits per heavy atom. The van der Waals surface area contributed by atoms with E-state index in [1.807, 2.05) is 7.05 Å². The Bertz CT molecular complexity index is 419. The molecule has 0 spiro atoms. The van der Waals surface area contributed by atoms with Crippen LogP contribution in [0.4, 0.5) is 5.69 Å². The van der Waals surface area contributed by atoms with E-state index in [9.17, 15) is 0 Å². The highest BCUT2D eigenvalue weighted by Crippen LogP contribution is 2.06. The van der Waals surface area contributed by atoms with Gasteiger partial charge in [-0.15, -0.1) is 5.10 Å². The van der Waals surface area contributed by atoms with Crippen molar-refractivity contribution in [3.63, 3.8) is 0 Å². The van der Waals surface area contributed by atoms with Gasteiger partial charge >= 0.3 is 0 Å². The lowest BCUT2D eigenvalue weighted by molar-refractivity contribution is 0.752. The highest BCUT2D eigenvalue weighted by atomic mass is 15.3. The average Bonchev–Trinajstić information content (AvgIpc) is 2.46. The molecule has 13 heavy (non-hydrogen) atoms. The topological polar surface area (TPSA) is 68.2 Å². The number of anilines is 1. The zero-order chi connectivity index (χ0) is 9.26. The molecule has 0 saturated carbocycles. The molecule has 2 heterocycles. The molecule has 0 aliphatic rings. The maximum Gasteiger partial charge on any atom is 0.165 e. The second kappa shape index (κ2) is 3.02. The normalized spacial score (nSPS) is 10.8. The summed E-state index contributed by atoms with van der Waals surface area (Å²) in [6.07, 6.45) is 1.80. The Morgan fingerprint density at radius 3 is 3.23 bits per heavy atom. The van der Waals surface area contributed by atoms with Crippen LogP contribution in [-0.2, 0) is 6.54 Å². The molecule has 3 N–H and O–H groups in total. The van der Waals surface area contributed by atoms with E-state index in [1.54, 1.807) is 22.8 Å². The first-order valence-corrected chi connectivity index (χ1v) is 4.05. The minimum atomic E-state index is 0.668. The van der Waals surface area contributed by atoms with Gasteiger partial charge in [0.05, 0.1) is 6.54 Å². The highest BCUT2D eigenvalue weighted by Gasteiger charge is 2.01. The number of nitrogens with two attached hydrogens (primary N) is 1. The van der Waals surface area contributed by atoms with Crippen LogP contribution in [0.25, 0.3) is 5.65 Å². The lowest BCUT2D eigenvalue weighted by Gasteiger charge is -1.91. The molecule has 68 valence electrons. The maximum absolute atomic E-state index is 5.61. The first kappa shape index (κ1) is 8.00. The maximum atomic E-state index is 5.61. The minimum Gasteiger partial charge on any atom is -0.399 e. The number of rotatable bonds is 2. The van der Waals surface area contributed by atoms with Crippen LogP contribution in [0.2, 0.25) is 0 Å². The van der Waals surface area contributed by atoms with Crippen LogP contribution < -0.4 is 11.1 Å². The summed E-state index contributed by atoms with van der Waals surface area (Å²) in [5.41, 5.74) is 7.10. The number of pyridine rings is 1. The third-order valence-corrected chi connectivity index (χ3v) is 1.74. The molecule has 0 aromatic carbocycles. The van der Waals surface area contributed by atoms with Crippen molar-refractivity contribution < 1.29 is 0 Å². The van der Waals surface area contributed by atoms with Gasteiger partial charge in [0.15, 0.2) is 11.5 Å². The Labute approximate surface area is 75.6 Å². The van der Waals surface area contributed by atoms with E-state index < -0.39 is 0 Å². The van der Waals surface area contributed by atoms with E-state index in [-0.39, 0.29) is 0 Å². The largest absolute Gasteiger partial charge is 0.399 e. The monoisotopic (exact) mass is 177 g/mol. The molecular weight excluding hydrogens is 166 g/mol. The molecule has 0 atom stereocenters. The SMILES string of the molecule is CNCc1nc2cc(N)ccn2n1. The first-order chi connectivity index (χ1) is 6.29. The number of fused-ring (bicyclic) bond motifs is 1. The molecule has 5 nitrogen and oxygen atoms in total. The van der Waals surface area contributed by atoms with Crippen LogP contribution in [-0.4, -0.2) is 21.6 Å². The van der Waals surface area contributed by atoms with E-state index in [0.29, 0.717) is 12.2 Å². The molecule has 0 amide bonds. The third kappa shape index (κ3) is 1.46. The lowest BCUT2D eigenvalue weighted by Crippen LogP contribution is -2.06. The second-order valence-corrected chi connectivity index (χ2v) is 2.82. The van der Waals surface area contributed by atoms with Gasteiger partial charge in [0.25, 0.3) is 0 Å². The standard InChI is InChI=1S/C8H11N5/c1-10-5-7-11-8-4-6(9)2-3-13(8)12-7/h2-4,10H,5,9H2,1H3. The van der Waals surface area contributed by atoms with Crippen LogP contribution in [0.15, 0.2) is 18.3 Å². The van der Waals surface area contributed by atoms with Gasteiger partial charge in [0.1, 0.15) is 0 Å². The summed E-state index contributed by atoms with van der Waals surface area (Å²) in [7, 11) is 1.86. The van der Waals surface area contributed by atoms with Crippen molar-refractivity contribution in [3.05, 3.63) is 24.2 Å². The van der Waals surface area contributed by atoms with Crippen LogP contribution in [0.1, 0.15) is 5.82 Å². The van der Waals surface area contributed by atoms with Crippen molar-refractivity contribution in [3.8, 4) is 0 Å². The Kier molecular flexibility index (Phi) is 1.86. The Hall–Kier alpha value is -1.62.